The Morgan fingerprint density at radius 1 is 1.40 bits per heavy atom. The SMILES string of the molecule is CC1(C)CN(Cc2cccc(Cl)c2F)C(C2CC2)CN1. The van der Waals surface area contributed by atoms with Crippen molar-refractivity contribution in [2.75, 3.05) is 13.1 Å². The Labute approximate surface area is 125 Å². The first-order valence-corrected chi connectivity index (χ1v) is 7.76. The third-order valence-corrected chi connectivity index (χ3v) is 4.72. The summed E-state index contributed by atoms with van der Waals surface area (Å²) in [7, 11) is 0. The molecule has 1 aliphatic carbocycles. The molecule has 1 saturated heterocycles. The lowest BCUT2D eigenvalue weighted by Crippen LogP contribution is -2.61. The predicted octanol–water partition coefficient (Wildman–Crippen LogP) is 3.44. The zero-order valence-electron chi connectivity index (χ0n) is 12.1. The second kappa shape index (κ2) is 5.28. The fourth-order valence-corrected chi connectivity index (χ4v) is 3.39. The molecule has 4 heteroatoms. The van der Waals surface area contributed by atoms with Gasteiger partial charge in [-0.15, -0.1) is 0 Å². The molecule has 1 aromatic carbocycles. The van der Waals surface area contributed by atoms with E-state index in [-0.39, 0.29) is 16.4 Å². The van der Waals surface area contributed by atoms with Gasteiger partial charge in [-0.3, -0.25) is 4.90 Å². The van der Waals surface area contributed by atoms with Gasteiger partial charge in [-0.05, 0) is 38.7 Å². The standard InChI is InChI=1S/C16H22ClFN2/c1-16(2)10-20(14(8-19-16)11-6-7-11)9-12-4-3-5-13(17)15(12)18/h3-5,11,14,19H,6-10H2,1-2H3. The molecule has 0 bridgehead atoms. The highest BCUT2D eigenvalue weighted by molar-refractivity contribution is 6.30. The van der Waals surface area contributed by atoms with Crippen LogP contribution in [0.5, 0.6) is 0 Å². The monoisotopic (exact) mass is 296 g/mol. The van der Waals surface area contributed by atoms with Gasteiger partial charge in [0.1, 0.15) is 5.82 Å². The zero-order chi connectivity index (χ0) is 14.3. The van der Waals surface area contributed by atoms with E-state index in [0.29, 0.717) is 18.2 Å². The van der Waals surface area contributed by atoms with Crippen molar-refractivity contribution in [3.05, 3.63) is 34.6 Å². The number of nitrogens with one attached hydrogen (secondary N) is 1. The number of hydrogen-bond donors (Lipinski definition) is 1. The van der Waals surface area contributed by atoms with Crippen LogP contribution in [0.1, 0.15) is 32.3 Å². The molecule has 1 saturated carbocycles. The number of hydrogen-bond acceptors (Lipinski definition) is 2. The molecule has 110 valence electrons. The molecule has 1 heterocycles. The van der Waals surface area contributed by atoms with E-state index in [4.69, 9.17) is 11.6 Å². The van der Waals surface area contributed by atoms with Gasteiger partial charge in [0.15, 0.2) is 0 Å². The summed E-state index contributed by atoms with van der Waals surface area (Å²) >= 11 is 5.89. The van der Waals surface area contributed by atoms with Crippen LogP contribution >= 0.6 is 11.6 Å². The van der Waals surface area contributed by atoms with Crippen LogP contribution in [-0.4, -0.2) is 29.6 Å². The van der Waals surface area contributed by atoms with E-state index in [1.165, 1.54) is 12.8 Å². The fourth-order valence-electron chi connectivity index (χ4n) is 3.20. The highest BCUT2D eigenvalue weighted by Crippen LogP contribution is 2.38. The molecule has 2 fully saturated rings. The van der Waals surface area contributed by atoms with Gasteiger partial charge in [0.25, 0.3) is 0 Å². The Balaban J connectivity index is 1.80. The van der Waals surface area contributed by atoms with Gasteiger partial charge in [-0.25, -0.2) is 4.39 Å². The highest BCUT2D eigenvalue weighted by Gasteiger charge is 2.41. The van der Waals surface area contributed by atoms with Crippen LogP contribution < -0.4 is 5.32 Å². The topological polar surface area (TPSA) is 15.3 Å². The maximum Gasteiger partial charge on any atom is 0.146 e. The van der Waals surface area contributed by atoms with E-state index in [2.05, 4.69) is 24.1 Å². The second-order valence-corrected chi connectivity index (χ2v) is 7.19. The quantitative estimate of drug-likeness (QED) is 0.919. The molecule has 1 aliphatic heterocycles. The summed E-state index contributed by atoms with van der Waals surface area (Å²) < 4.78 is 14.1. The van der Waals surface area contributed by atoms with E-state index in [0.717, 1.165) is 19.0 Å². The van der Waals surface area contributed by atoms with Gasteiger partial charge in [-0.2, -0.15) is 0 Å². The molecular formula is C16H22ClFN2. The number of nitrogens with zero attached hydrogens (tertiary/aromatic N) is 1. The zero-order valence-corrected chi connectivity index (χ0v) is 12.9. The molecule has 1 N–H and O–H groups in total. The average molecular weight is 297 g/mol. The van der Waals surface area contributed by atoms with Crippen LogP contribution in [0.2, 0.25) is 5.02 Å². The Morgan fingerprint density at radius 2 is 2.15 bits per heavy atom. The van der Waals surface area contributed by atoms with E-state index in [1.54, 1.807) is 6.07 Å². The van der Waals surface area contributed by atoms with Crippen molar-refractivity contribution >= 4 is 11.6 Å². The van der Waals surface area contributed by atoms with Crippen molar-refractivity contribution in [3.8, 4) is 0 Å². The summed E-state index contributed by atoms with van der Waals surface area (Å²) in [6, 6.07) is 5.82. The highest BCUT2D eigenvalue weighted by atomic mass is 35.5. The molecule has 3 rings (SSSR count). The van der Waals surface area contributed by atoms with Gasteiger partial charge >= 0.3 is 0 Å². The molecule has 2 nitrogen and oxygen atoms in total. The third kappa shape index (κ3) is 3.00. The van der Waals surface area contributed by atoms with Gasteiger partial charge in [-0.1, -0.05) is 23.7 Å². The molecule has 20 heavy (non-hydrogen) atoms. The van der Waals surface area contributed by atoms with Gasteiger partial charge in [0.2, 0.25) is 0 Å². The van der Waals surface area contributed by atoms with Crippen LogP contribution in [-0.2, 0) is 6.54 Å². The Kier molecular flexibility index (Phi) is 3.78. The van der Waals surface area contributed by atoms with Crippen molar-refractivity contribution in [2.45, 2.75) is 44.8 Å². The first kappa shape index (κ1) is 14.3. The van der Waals surface area contributed by atoms with Crippen LogP contribution in [0.25, 0.3) is 0 Å². The molecule has 2 aliphatic rings. The van der Waals surface area contributed by atoms with E-state index >= 15 is 0 Å². The number of piperazine rings is 1. The lowest BCUT2D eigenvalue weighted by atomic mass is 9.96. The second-order valence-electron chi connectivity index (χ2n) is 6.79. The van der Waals surface area contributed by atoms with Crippen LogP contribution in [0, 0.1) is 11.7 Å². The minimum atomic E-state index is -0.264. The van der Waals surface area contributed by atoms with Gasteiger partial charge in [0, 0.05) is 36.8 Å². The summed E-state index contributed by atoms with van der Waals surface area (Å²) in [6.45, 7) is 7.01. The van der Waals surface area contributed by atoms with Crippen molar-refractivity contribution in [2.24, 2.45) is 5.92 Å². The smallest absolute Gasteiger partial charge is 0.146 e. The first-order valence-electron chi connectivity index (χ1n) is 7.38. The largest absolute Gasteiger partial charge is 0.309 e. The van der Waals surface area contributed by atoms with Gasteiger partial charge < -0.3 is 5.32 Å². The molecular weight excluding hydrogens is 275 g/mol. The molecule has 0 amide bonds. The Bertz CT molecular complexity index is 499. The van der Waals surface area contributed by atoms with Crippen LogP contribution in [0.3, 0.4) is 0 Å². The summed E-state index contributed by atoms with van der Waals surface area (Å²) in [4.78, 5) is 2.43. The van der Waals surface area contributed by atoms with E-state index < -0.39 is 0 Å². The summed E-state index contributed by atoms with van der Waals surface area (Å²) in [6.07, 6.45) is 2.61. The number of benzene rings is 1. The molecule has 0 spiro atoms. The Hall–Kier alpha value is -0.640. The predicted molar refractivity (Wildman–Crippen MR) is 80.4 cm³/mol. The van der Waals surface area contributed by atoms with Crippen LogP contribution in [0.4, 0.5) is 4.39 Å². The maximum absolute atomic E-state index is 14.1. The molecule has 0 radical (unpaired) electrons. The minimum absolute atomic E-state index is 0.0838. The minimum Gasteiger partial charge on any atom is -0.309 e. The third-order valence-electron chi connectivity index (χ3n) is 4.43. The van der Waals surface area contributed by atoms with Crippen molar-refractivity contribution in [1.82, 2.24) is 10.2 Å². The lowest BCUT2D eigenvalue weighted by Gasteiger charge is -2.45. The summed E-state index contributed by atoms with van der Waals surface area (Å²) in [5.74, 6) is 0.515. The van der Waals surface area contributed by atoms with Crippen molar-refractivity contribution in [1.29, 1.82) is 0 Å². The normalized spacial score (nSPS) is 26.7. The average Bonchev–Trinajstić information content (AvgIpc) is 3.18. The number of halogens is 2. The Morgan fingerprint density at radius 3 is 2.85 bits per heavy atom. The molecule has 1 aromatic rings. The summed E-state index contributed by atoms with van der Waals surface area (Å²) in [5.41, 5.74) is 0.793. The lowest BCUT2D eigenvalue weighted by molar-refractivity contribution is 0.0749. The first-order chi connectivity index (χ1) is 9.46. The fraction of sp³-hybridized carbons (Fsp3) is 0.625. The van der Waals surface area contributed by atoms with E-state index in [1.807, 2.05) is 12.1 Å². The van der Waals surface area contributed by atoms with Gasteiger partial charge in [0.05, 0.1) is 5.02 Å². The number of rotatable bonds is 3. The summed E-state index contributed by atoms with van der Waals surface area (Å²) in [5, 5.41) is 3.83. The van der Waals surface area contributed by atoms with Crippen molar-refractivity contribution < 1.29 is 4.39 Å². The van der Waals surface area contributed by atoms with Crippen molar-refractivity contribution in [3.63, 3.8) is 0 Å². The molecule has 1 unspecified atom stereocenters. The molecule has 0 aromatic heterocycles. The molecule has 1 atom stereocenters. The maximum atomic E-state index is 14.1. The van der Waals surface area contributed by atoms with Crippen LogP contribution in [0.15, 0.2) is 18.2 Å². The van der Waals surface area contributed by atoms with E-state index in [9.17, 15) is 4.39 Å².